The van der Waals surface area contributed by atoms with E-state index >= 15 is 0 Å². The number of fused-ring (bicyclic) bond motifs is 1. The second kappa shape index (κ2) is 4.39. The summed E-state index contributed by atoms with van der Waals surface area (Å²) in [6, 6.07) is 5.62. The summed E-state index contributed by atoms with van der Waals surface area (Å²) in [4.78, 5) is 11.5. The van der Waals surface area contributed by atoms with Gasteiger partial charge in [-0.05, 0) is 37.5 Å². The smallest absolute Gasteiger partial charge is 0.338 e. The number of allylic oxidation sites excluding steroid dienone is 1. The summed E-state index contributed by atoms with van der Waals surface area (Å²) >= 11 is 0. The summed E-state index contributed by atoms with van der Waals surface area (Å²) in [5, 5.41) is 3.19. The number of hydrogen-bond acceptors (Lipinski definition) is 3. The minimum atomic E-state index is -0.275. The van der Waals surface area contributed by atoms with Crippen molar-refractivity contribution in [2.45, 2.75) is 19.8 Å². The van der Waals surface area contributed by atoms with Gasteiger partial charge < -0.3 is 10.1 Å². The SMILES string of the molecule is C=C1CCc2ccc(C(=O)OCC)cc2N1. The maximum Gasteiger partial charge on any atom is 0.338 e. The first-order chi connectivity index (χ1) is 7.70. The van der Waals surface area contributed by atoms with Crippen molar-refractivity contribution < 1.29 is 9.53 Å². The monoisotopic (exact) mass is 217 g/mol. The fourth-order valence-corrected chi connectivity index (χ4v) is 1.79. The third-order valence-electron chi connectivity index (χ3n) is 2.63. The highest BCUT2D eigenvalue weighted by molar-refractivity contribution is 5.91. The molecule has 0 fully saturated rings. The molecule has 0 saturated carbocycles. The van der Waals surface area contributed by atoms with Gasteiger partial charge in [0.2, 0.25) is 0 Å². The van der Waals surface area contributed by atoms with Crippen LogP contribution in [-0.2, 0) is 11.2 Å². The zero-order chi connectivity index (χ0) is 11.5. The predicted molar refractivity (Wildman–Crippen MR) is 63.5 cm³/mol. The van der Waals surface area contributed by atoms with Crippen LogP contribution in [0.25, 0.3) is 0 Å². The van der Waals surface area contributed by atoms with E-state index in [2.05, 4.69) is 11.9 Å². The van der Waals surface area contributed by atoms with E-state index < -0.39 is 0 Å². The summed E-state index contributed by atoms with van der Waals surface area (Å²) in [5.41, 5.74) is 3.78. The molecule has 0 atom stereocenters. The van der Waals surface area contributed by atoms with Gasteiger partial charge in [0.15, 0.2) is 0 Å². The second-order valence-electron chi connectivity index (χ2n) is 3.82. The largest absolute Gasteiger partial charge is 0.462 e. The lowest BCUT2D eigenvalue weighted by Gasteiger charge is -2.20. The number of rotatable bonds is 2. The van der Waals surface area contributed by atoms with E-state index in [1.54, 1.807) is 6.92 Å². The highest BCUT2D eigenvalue weighted by atomic mass is 16.5. The molecule has 0 spiro atoms. The number of carbonyl (C=O) groups is 1. The van der Waals surface area contributed by atoms with Gasteiger partial charge in [0.25, 0.3) is 0 Å². The zero-order valence-corrected chi connectivity index (χ0v) is 9.38. The van der Waals surface area contributed by atoms with Crippen molar-refractivity contribution in [3.63, 3.8) is 0 Å². The first-order valence-electron chi connectivity index (χ1n) is 5.45. The van der Waals surface area contributed by atoms with Crippen LogP contribution in [0.5, 0.6) is 0 Å². The third-order valence-corrected chi connectivity index (χ3v) is 2.63. The van der Waals surface area contributed by atoms with Gasteiger partial charge >= 0.3 is 5.97 Å². The number of esters is 1. The molecule has 3 heteroatoms. The van der Waals surface area contributed by atoms with E-state index in [4.69, 9.17) is 4.74 Å². The van der Waals surface area contributed by atoms with Crippen molar-refractivity contribution in [3.05, 3.63) is 41.6 Å². The second-order valence-corrected chi connectivity index (χ2v) is 3.82. The van der Waals surface area contributed by atoms with Crippen LogP contribution < -0.4 is 5.32 Å². The highest BCUT2D eigenvalue weighted by Crippen LogP contribution is 2.27. The Bertz CT molecular complexity index is 438. The molecule has 1 aliphatic rings. The van der Waals surface area contributed by atoms with E-state index in [1.807, 2.05) is 18.2 Å². The molecule has 0 aromatic heterocycles. The molecule has 1 N–H and O–H groups in total. The number of hydrogen-bond donors (Lipinski definition) is 1. The van der Waals surface area contributed by atoms with Crippen molar-refractivity contribution >= 4 is 11.7 Å². The van der Waals surface area contributed by atoms with E-state index in [-0.39, 0.29) is 5.97 Å². The molecule has 1 aromatic carbocycles. The Kier molecular flexibility index (Phi) is 2.95. The van der Waals surface area contributed by atoms with Crippen LogP contribution in [-0.4, -0.2) is 12.6 Å². The number of aryl methyl sites for hydroxylation is 1. The molecule has 2 rings (SSSR count). The molecule has 0 radical (unpaired) electrons. The normalized spacial score (nSPS) is 13.9. The molecular formula is C13H15NO2. The number of anilines is 1. The lowest BCUT2D eigenvalue weighted by Crippen LogP contribution is -2.11. The molecule has 0 saturated heterocycles. The molecule has 0 unspecified atom stereocenters. The summed E-state index contributed by atoms with van der Waals surface area (Å²) in [7, 11) is 0. The number of benzene rings is 1. The maximum atomic E-state index is 11.5. The third kappa shape index (κ3) is 2.08. The lowest BCUT2D eigenvalue weighted by atomic mass is 10.00. The summed E-state index contributed by atoms with van der Waals surface area (Å²) in [6.07, 6.45) is 1.93. The maximum absolute atomic E-state index is 11.5. The van der Waals surface area contributed by atoms with Crippen molar-refractivity contribution in [1.82, 2.24) is 0 Å². The fourth-order valence-electron chi connectivity index (χ4n) is 1.79. The fraction of sp³-hybridized carbons (Fsp3) is 0.308. The Labute approximate surface area is 95.1 Å². The van der Waals surface area contributed by atoms with Gasteiger partial charge in [-0.3, -0.25) is 0 Å². The summed E-state index contributed by atoms with van der Waals surface area (Å²) in [5.74, 6) is -0.275. The molecule has 1 aliphatic heterocycles. The average Bonchev–Trinajstić information content (AvgIpc) is 2.28. The van der Waals surface area contributed by atoms with E-state index in [9.17, 15) is 4.79 Å². The van der Waals surface area contributed by atoms with Crippen molar-refractivity contribution in [3.8, 4) is 0 Å². The first-order valence-corrected chi connectivity index (χ1v) is 5.45. The van der Waals surface area contributed by atoms with Gasteiger partial charge in [0, 0.05) is 11.4 Å². The lowest BCUT2D eigenvalue weighted by molar-refractivity contribution is 0.0526. The Morgan fingerprint density at radius 3 is 3.06 bits per heavy atom. The molecule has 3 nitrogen and oxygen atoms in total. The van der Waals surface area contributed by atoms with Crippen LogP contribution in [0.15, 0.2) is 30.5 Å². The van der Waals surface area contributed by atoms with Gasteiger partial charge in [-0.15, -0.1) is 0 Å². The van der Waals surface area contributed by atoms with Gasteiger partial charge in [0.1, 0.15) is 0 Å². The van der Waals surface area contributed by atoms with Crippen LogP contribution in [0.3, 0.4) is 0 Å². The van der Waals surface area contributed by atoms with Crippen LogP contribution in [0, 0.1) is 0 Å². The molecule has 0 amide bonds. The molecule has 0 bridgehead atoms. The van der Waals surface area contributed by atoms with Crippen molar-refractivity contribution in [2.75, 3.05) is 11.9 Å². The van der Waals surface area contributed by atoms with Crippen molar-refractivity contribution in [1.29, 1.82) is 0 Å². The Morgan fingerprint density at radius 2 is 2.31 bits per heavy atom. The van der Waals surface area contributed by atoms with E-state index in [0.717, 1.165) is 24.2 Å². The van der Waals surface area contributed by atoms with Gasteiger partial charge in [0.05, 0.1) is 12.2 Å². The van der Waals surface area contributed by atoms with Gasteiger partial charge in [-0.25, -0.2) is 4.79 Å². The van der Waals surface area contributed by atoms with Crippen LogP contribution in [0.4, 0.5) is 5.69 Å². The minimum Gasteiger partial charge on any atom is -0.462 e. The molecule has 16 heavy (non-hydrogen) atoms. The molecule has 84 valence electrons. The van der Waals surface area contributed by atoms with Crippen LogP contribution in [0.1, 0.15) is 29.3 Å². The van der Waals surface area contributed by atoms with Gasteiger partial charge in [-0.1, -0.05) is 12.6 Å². The molecule has 0 aliphatic carbocycles. The topological polar surface area (TPSA) is 38.3 Å². The van der Waals surface area contributed by atoms with Crippen molar-refractivity contribution in [2.24, 2.45) is 0 Å². The van der Waals surface area contributed by atoms with E-state index in [1.165, 1.54) is 5.56 Å². The number of ether oxygens (including phenoxy) is 1. The Morgan fingerprint density at radius 1 is 1.50 bits per heavy atom. The standard InChI is InChI=1S/C13H15NO2/c1-3-16-13(15)11-7-6-10-5-4-9(2)14-12(10)8-11/h6-8,14H,2-5H2,1H3. The Balaban J connectivity index is 2.27. The highest BCUT2D eigenvalue weighted by Gasteiger charge is 2.14. The summed E-state index contributed by atoms with van der Waals surface area (Å²) < 4.78 is 4.96. The quantitative estimate of drug-likeness (QED) is 0.774. The number of nitrogens with one attached hydrogen (secondary N) is 1. The van der Waals surface area contributed by atoms with Crippen LogP contribution in [0.2, 0.25) is 0 Å². The summed E-state index contributed by atoms with van der Waals surface area (Å²) in [6.45, 7) is 6.10. The number of carbonyl (C=O) groups excluding carboxylic acids is 1. The van der Waals surface area contributed by atoms with Gasteiger partial charge in [-0.2, -0.15) is 0 Å². The zero-order valence-electron chi connectivity index (χ0n) is 9.38. The Hall–Kier alpha value is -1.77. The molecule has 1 aromatic rings. The predicted octanol–water partition coefficient (Wildman–Crippen LogP) is 2.74. The first kappa shape index (κ1) is 10.7. The molecular weight excluding hydrogens is 202 g/mol. The van der Waals surface area contributed by atoms with E-state index in [0.29, 0.717) is 12.2 Å². The average molecular weight is 217 g/mol. The molecule has 1 heterocycles. The minimum absolute atomic E-state index is 0.275. The van der Waals surface area contributed by atoms with Crippen LogP contribution >= 0.6 is 0 Å².